The fourth-order valence-electron chi connectivity index (χ4n) is 3.09. The van der Waals surface area contributed by atoms with Gasteiger partial charge in [-0.1, -0.05) is 6.92 Å². The molecule has 1 fully saturated rings. The third kappa shape index (κ3) is 5.00. The lowest BCUT2D eigenvalue weighted by Crippen LogP contribution is -2.30. The zero-order chi connectivity index (χ0) is 25.0. The minimum Gasteiger partial charge on any atom is -0.493 e. The summed E-state index contributed by atoms with van der Waals surface area (Å²) in [4.78, 5) is 48.6. The van der Waals surface area contributed by atoms with Crippen LogP contribution < -0.4 is 14.8 Å². The van der Waals surface area contributed by atoms with Gasteiger partial charge in [-0.25, -0.2) is 9.59 Å². The number of amides is 3. The maximum atomic E-state index is 12.8. The van der Waals surface area contributed by atoms with E-state index >= 15 is 0 Å². The number of hydrogen-bond donors (Lipinski definition) is 1. The van der Waals surface area contributed by atoms with Crippen molar-refractivity contribution in [3.8, 4) is 11.5 Å². The Balaban J connectivity index is 1.89. The van der Waals surface area contributed by atoms with E-state index in [1.807, 2.05) is 6.92 Å². The van der Waals surface area contributed by atoms with Crippen LogP contribution >= 0.6 is 0 Å². The molecule has 3 rings (SSSR count). The number of nitrogens with one attached hydrogen (secondary N) is 1. The van der Waals surface area contributed by atoms with Crippen LogP contribution in [0.5, 0.6) is 11.5 Å². The summed E-state index contributed by atoms with van der Waals surface area (Å²) in [6, 6.07) is 4.79. The van der Waals surface area contributed by atoms with Crippen molar-refractivity contribution in [2.45, 2.75) is 32.9 Å². The van der Waals surface area contributed by atoms with Crippen molar-refractivity contribution < 1.29 is 37.9 Å². The van der Waals surface area contributed by atoms with Gasteiger partial charge in [0, 0.05) is 6.07 Å². The number of imide groups is 1. The second-order valence-corrected chi connectivity index (χ2v) is 7.30. The molecule has 1 atom stereocenters. The van der Waals surface area contributed by atoms with Gasteiger partial charge in [-0.15, -0.1) is 0 Å². The van der Waals surface area contributed by atoms with Gasteiger partial charge in [0.05, 0.1) is 31.8 Å². The van der Waals surface area contributed by atoms with Crippen molar-refractivity contribution in [3.05, 3.63) is 57.2 Å². The fraction of sp³-hybridized carbons (Fsp3) is 0.318. The number of rotatable bonds is 9. The molecule has 0 spiro atoms. The minimum atomic E-state index is -0.717. The number of nitrogens with zero attached hydrogens (tertiary/aromatic N) is 2. The Hall–Kier alpha value is -4.35. The SMILES string of the molecule is CCC(C)Oc1c(OC)cc(C=C2NC(=O)N(Cc3ccc(C(=O)OC)o3)C2=O)cc1[N+](=O)[O-]. The highest BCUT2D eigenvalue weighted by molar-refractivity contribution is 6.13. The number of methoxy groups -OCH3 is 2. The Morgan fingerprint density at radius 1 is 1.29 bits per heavy atom. The smallest absolute Gasteiger partial charge is 0.373 e. The summed E-state index contributed by atoms with van der Waals surface area (Å²) in [5.41, 5.74) is -0.195. The molecule has 2 heterocycles. The monoisotopic (exact) mass is 473 g/mol. The molecule has 3 amide bonds. The van der Waals surface area contributed by atoms with Crippen LogP contribution in [0.25, 0.3) is 6.08 Å². The van der Waals surface area contributed by atoms with E-state index in [1.165, 1.54) is 44.6 Å². The first-order valence-electron chi connectivity index (χ1n) is 10.2. The number of carbonyl (C=O) groups excluding carboxylic acids is 3. The average molecular weight is 473 g/mol. The van der Waals surface area contributed by atoms with E-state index in [4.69, 9.17) is 13.9 Å². The second kappa shape index (κ2) is 10.1. The molecule has 12 nitrogen and oxygen atoms in total. The highest BCUT2D eigenvalue weighted by atomic mass is 16.6. The Labute approximate surface area is 194 Å². The lowest BCUT2D eigenvalue weighted by atomic mass is 10.1. The van der Waals surface area contributed by atoms with Crippen LogP contribution in [0.3, 0.4) is 0 Å². The summed E-state index contributed by atoms with van der Waals surface area (Å²) in [6.07, 6.45) is 1.63. The van der Waals surface area contributed by atoms with Gasteiger partial charge in [0.2, 0.25) is 11.5 Å². The van der Waals surface area contributed by atoms with E-state index in [0.29, 0.717) is 6.42 Å². The van der Waals surface area contributed by atoms with Crippen molar-refractivity contribution in [3.63, 3.8) is 0 Å². The maximum absolute atomic E-state index is 12.8. The summed E-state index contributed by atoms with van der Waals surface area (Å²) in [6.45, 7) is 3.42. The molecular weight excluding hydrogens is 450 g/mol. The van der Waals surface area contributed by atoms with Gasteiger partial charge in [-0.05, 0) is 43.2 Å². The first kappa shape index (κ1) is 24.3. The third-order valence-corrected chi connectivity index (χ3v) is 5.00. The summed E-state index contributed by atoms with van der Waals surface area (Å²) in [5, 5.41) is 14.1. The van der Waals surface area contributed by atoms with Crippen LogP contribution in [0.1, 0.15) is 42.1 Å². The molecule has 0 saturated carbocycles. The van der Waals surface area contributed by atoms with Crippen LogP contribution in [0.15, 0.2) is 34.4 Å². The summed E-state index contributed by atoms with van der Waals surface area (Å²) < 4.78 is 20.8. The zero-order valence-electron chi connectivity index (χ0n) is 18.9. The van der Waals surface area contributed by atoms with Gasteiger partial charge >= 0.3 is 17.7 Å². The van der Waals surface area contributed by atoms with Crippen LogP contribution in [0, 0.1) is 10.1 Å². The van der Waals surface area contributed by atoms with Crippen LogP contribution in [-0.4, -0.2) is 48.1 Å². The quantitative estimate of drug-likeness (QED) is 0.190. The zero-order valence-corrected chi connectivity index (χ0v) is 18.9. The molecule has 1 N–H and O–H groups in total. The second-order valence-electron chi connectivity index (χ2n) is 7.30. The van der Waals surface area contributed by atoms with Crippen LogP contribution in [0.4, 0.5) is 10.5 Å². The molecule has 1 saturated heterocycles. The number of urea groups is 1. The summed E-state index contributed by atoms with van der Waals surface area (Å²) >= 11 is 0. The lowest BCUT2D eigenvalue weighted by molar-refractivity contribution is -0.386. The molecule has 0 bridgehead atoms. The van der Waals surface area contributed by atoms with Crippen molar-refractivity contribution in [2.24, 2.45) is 0 Å². The Morgan fingerprint density at radius 2 is 2.03 bits per heavy atom. The molecule has 1 aliphatic heterocycles. The van der Waals surface area contributed by atoms with Gasteiger partial charge in [0.25, 0.3) is 5.91 Å². The minimum absolute atomic E-state index is 0.0216. The van der Waals surface area contributed by atoms with Gasteiger partial charge in [0.1, 0.15) is 11.5 Å². The summed E-state index contributed by atoms with van der Waals surface area (Å²) in [5.74, 6) is -1.16. The molecule has 1 aromatic carbocycles. The predicted octanol–water partition coefficient (Wildman–Crippen LogP) is 3.25. The molecule has 0 aliphatic carbocycles. The molecule has 1 aliphatic rings. The topological polar surface area (TPSA) is 150 Å². The average Bonchev–Trinajstić information content (AvgIpc) is 3.39. The Bertz CT molecular complexity index is 1170. The number of nitro benzene ring substituents is 1. The van der Waals surface area contributed by atoms with Gasteiger partial charge in [-0.3, -0.25) is 19.8 Å². The third-order valence-electron chi connectivity index (χ3n) is 5.00. The number of ether oxygens (including phenoxy) is 3. The molecule has 180 valence electrons. The molecule has 2 aromatic rings. The van der Waals surface area contributed by atoms with Crippen molar-refractivity contribution in [2.75, 3.05) is 14.2 Å². The predicted molar refractivity (Wildman–Crippen MR) is 117 cm³/mol. The van der Waals surface area contributed by atoms with E-state index in [-0.39, 0.29) is 52.6 Å². The van der Waals surface area contributed by atoms with E-state index in [9.17, 15) is 24.5 Å². The van der Waals surface area contributed by atoms with Crippen LogP contribution in [0.2, 0.25) is 0 Å². The number of hydrogen-bond acceptors (Lipinski definition) is 9. The van der Waals surface area contributed by atoms with Crippen molar-refractivity contribution >= 4 is 29.7 Å². The molecule has 12 heteroatoms. The molecular formula is C22H23N3O9. The molecule has 1 unspecified atom stereocenters. The van der Waals surface area contributed by atoms with Crippen molar-refractivity contribution in [1.29, 1.82) is 0 Å². The molecule has 1 aromatic heterocycles. The Kier molecular flexibility index (Phi) is 7.19. The summed E-state index contributed by atoms with van der Waals surface area (Å²) in [7, 11) is 2.54. The first-order valence-corrected chi connectivity index (χ1v) is 10.2. The number of nitro groups is 1. The highest BCUT2D eigenvalue weighted by Gasteiger charge is 2.35. The van der Waals surface area contributed by atoms with Gasteiger partial charge < -0.3 is 23.9 Å². The first-order chi connectivity index (χ1) is 16.2. The number of carbonyl (C=O) groups is 3. The van der Waals surface area contributed by atoms with Crippen LogP contribution in [-0.2, 0) is 16.1 Å². The fourth-order valence-corrected chi connectivity index (χ4v) is 3.09. The standard InChI is InChI=1S/C22H23N3O9/c1-5-12(2)33-19-16(25(29)30)9-13(10-18(19)31-3)8-15-20(26)24(22(28)23-15)11-14-6-7-17(34-14)21(27)32-4/h6-10,12H,5,11H2,1-4H3,(H,23,28). The number of esters is 1. The maximum Gasteiger partial charge on any atom is 0.373 e. The molecule has 0 radical (unpaired) electrons. The van der Waals surface area contributed by atoms with Gasteiger partial charge in [0.15, 0.2) is 5.75 Å². The Morgan fingerprint density at radius 3 is 2.65 bits per heavy atom. The van der Waals surface area contributed by atoms with E-state index in [0.717, 1.165) is 4.90 Å². The van der Waals surface area contributed by atoms with E-state index in [2.05, 4.69) is 10.1 Å². The highest BCUT2D eigenvalue weighted by Crippen LogP contribution is 2.40. The molecule has 34 heavy (non-hydrogen) atoms. The number of furan rings is 1. The van der Waals surface area contributed by atoms with Gasteiger partial charge in [-0.2, -0.15) is 0 Å². The van der Waals surface area contributed by atoms with Crippen molar-refractivity contribution in [1.82, 2.24) is 10.2 Å². The number of benzene rings is 1. The van der Waals surface area contributed by atoms with E-state index < -0.39 is 22.8 Å². The largest absolute Gasteiger partial charge is 0.493 e. The lowest BCUT2D eigenvalue weighted by Gasteiger charge is -2.16. The normalized spacial score (nSPS) is 15.3. The van der Waals surface area contributed by atoms with E-state index in [1.54, 1.807) is 6.92 Å².